The summed E-state index contributed by atoms with van der Waals surface area (Å²) in [4.78, 5) is 14.7. The van der Waals surface area contributed by atoms with Crippen molar-refractivity contribution in [2.75, 3.05) is 26.2 Å². The van der Waals surface area contributed by atoms with Gasteiger partial charge in [0, 0.05) is 13.1 Å². The highest BCUT2D eigenvalue weighted by Gasteiger charge is 2.24. The zero-order valence-electron chi connectivity index (χ0n) is 11.4. The number of nitrogens with two attached hydrogens (primary N) is 1. The molecule has 18 heavy (non-hydrogen) atoms. The number of nitrogens with zero attached hydrogens (tertiary/aromatic N) is 1. The van der Waals surface area contributed by atoms with Crippen LogP contribution in [0.5, 0.6) is 0 Å². The highest BCUT2D eigenvalue weighted by Crippen LogP contribution is 2.11. The third-order valence-electron chi connectivity index (χ3n) is 3.43. The number of thiocarbonyl (C=S) groups is 1. The molecule has 0 radical (unpaired) electrons. The number of likely N-dealkylation sites (tertiary alicyclic amines) is 1. The topological polar surface area (TPSA) is 58.4 Å². The Morgan fingerprint density at radius 3 is 2.44 bits per heavy atom. The van der Waals surface area contributed by atoms with E-state index in [0.29, 0.717) is 11.5 Å². The molecule has 0 aromatic heterocycles. The molecule has 1 atom stereocenters. The van der Waals surface area contributed by atoms with Gasteiger partial charge in [-0.25, -0.2) is 0 Å². The molecule has 1 saturated heterocycles. The SMILES string of the molecule is CC(C)C(C(=O)NCCN1CCCCC1)C(N)=S. The Morgan fingerprint density at radius 1 is 1.33 bits per heavy atom. The quantitative estimate of drug-likeness (QED) is 0.712. The van der Waals surface area contributed by atoms with E-state index in [1.165, 1.54) is 19.3 Å². The van der Waals surface area contributed by atoms with Gasteiger partial charge in [0.25, 0.3) is 0 Å². The van der Waals surface area contributed by atoms with Gasteiger partial charge in [-0.05, 0) is 31.8 Å². The van der Waals surface area contributed by atoms with E-state index in [1.807, 2.05) is 13.8 Å². The van der Waals surface area contributed by atoms with E-state index in [2.05, 4.69) is 10.2 Å². The molecule has 0 saturated carbocycles. The van der Waals surface area contributed by atoms with Crippen LogP contribution in [0.3, 0.4) is 0 Å². The molecule has 1 rings (SSSR count). The number of amides is 1. The molecule has 0 spiro atoms. The molecule has 1 aliphatic rings. The van der Waals surface area contributed by atoms with E-state index in [1.54, 1.807) is 0 Å². The summed E-state index contributed by atoms with van der Waals surface area (Å²) in [5.41, 5.74) is 5.61. The number of piperidine rings is 1. The fourth-order valence-electron chi connectivity index (χ4n) is 2.39. The summed E-state index contributed by atoms with van der Waals surface area (Å²) in [6, 6.07) is 0. The van der Waals surface area contributed by atoms with Crippen LogP contribution in [-0.4, -0.2) is 42.0 Å². The molecule has 5 heteroatoms. The standard InChI is InChI=1S/C13H25N3OS/c1-10(2)11(12(14)18)13(17)15-6-9-16-7-4-3-5-8-16/h10-11H,3-9H2,1-2H3,(H2,14,18)(H,15,17). The van der Waals surface area contributed by atoms with Crippen LogP contribution < -0.4 is 11.1 Å². The van der Waals surface area contributed by atoms with Crippen LogP contribution >= 0.6 is 12.2 Å². The van der Waals surface area contributed by atoms with Gasteiger partial charge < -0.3 is 16.0 Å². The minimum atomic E-state index is -0.346. The first kappa shape index (κ1) is 15.4. The van der Waals surface area contributed by atoms with Gasteiger partial charge in [0.2, 0.25) is 5.91 Å². The normalized spacial score (nSPS) is 18.6. The Labute approximate surface area is 115 Å². The Morgan fingerprint density at radius 2 is 1.94 bits per heavy atom. The van der Waals surface area contributed by atoms with Crippen LogP contribution in [0.1, 0.15) is 33.1 Å². The number of rotatable bonds is 6. The lowest BCUT2D eigenvalue weighted by Crippen LogP contribution is -2.44. The van der Waals surface area contributed by atoms with Gasteiger partial charge in [-0.1, -0.05) is 32.5 Å². The lowest BCUT2D eigenvalue weighted by molar-refractivity contribution is -0.124. The summed E-state index contributed by atoms with van der Waals surface area (Å²) in [5.74, 6) is -0.228. The molecule has 104 valence electrons. The second-order valence-corrected chi connectivity index (χ2v) is 5.79. The van der Waals surface area contributed by atoms with Crippen molar-refractivity contribution < 1.29 is 4.79 Å². The highest BCUT2D eigenvalue weighted by molar-refractivity contribution is 7.80. The van der Waals surface area contributed by atoms with Crippen LogP contribution in [0.25, 0.3) is 0 Å². The molecule has 1 fully saturated rings. The number of carbonyl (C=O) groups excluding carboxylic acids is 1. The number of hydrogen-bond acceptors (Lipinski definition) is 3. The minimum absolute atomic E-state index is 0.0329. The zero-order chi connectivity index (χ0) is 13.5. The van der Waals surface area contributed by atoms with Crippen LogP contribution in [-0.2, 0) is 4.79 Å². The minimum Gasteiger partial charge on any atom is -0.393 e. The Balaban J connectivity index is 2.28. The van der Waals surface area contributed by atoms with E-state index in [4.69, 9.17) is 18.0 Å². The molecule has 0 aliphatic carbocycles. The van der Waals surface area contributed by atoms with Crippen LogP contribution in [0.15, 0.2) is 0 Å². The maximum atomic E-state index is 12.0. The summed E-state index contributed by atoms with van der Waals surface area (Å²) in [5, 5.41) is 2.94. The van der Waals surface area contributed by atoms with Crippen molar-refractivity contribution >= 4 is 23.1 Å². The maximum absolute atomic E-state index is 12.0. The maximum Gasteiger partial charge on any atom is 0.230 e. The molecule has 1 aliphatic heterocycles. The number of carbonyl (C=O) groups is 1. The van der Waals surface area contributed by atoms with Gasteiger partial charge >= 0.3 is 0 Å². The molecule has 1 heterocycles. The van der Waals surface area contributed by atoms with Crippen molar-refractivity contribution in [1.82, 2.24) is 10.2 Å². The molecule has 4 nitrogen and oxygen atoms in total. The van der Waals surface area contributed by atoms with Gasteiger partial charge in [-0.15, -0.1) is 0 Å². The summed E-state index contributed by atoms with van der Waals surface area (Å²) >= 11 is 4.95. The summed E-state index contributed by atoms with van der Waals surface area (Å²) in [6.45, 7) is 7.85. The monoisotopic (exact) mass is 271 g/mol. The first-order valence-corrected chi connectivity index (χ1v) is 7.22. The average molecular weight is 271 g/mol. The Bertz CT molecular complexity index is 288. The van der Waals surface area contributed by atoms with Crippen molar-refractivity contribution in [3.8, 4) is 0 Å². The van der Waals surface area contributed by atoms with Gasteiger partial charge in [0.1, 0.15) is 0 Å². The second kappa shape index (κ2) is 7.69. The van der Waals surface area contributed by atoms with Gasteiger partial charge in [0.05, 0.1) is 10.9 Å². The molecule has 1 unspecified atom stereocenters. The van der Waals surface area contributed by atoms with E-state index >= 15 is 0 Å². The summed E-state index contributed by atoms with van der Waals surface area (Å²) in [7, 11) is 0. The lowest BCUT2D eigenvalue weighted by atomic mass is 9.95. The van der Waals surface area contributed by atoms with E-state index < -0.39 is 0 Å². The lowest BCUT2D eigenvalue weighted by Gasteiger charge is -2.27. The van der Waals surface area contributed by atoms with Gasteiger partial charge in [0.15, 0.2) is 0 Å². The predicted molar refractivity (Wildman–Crippen MR) is 78.4 cm³/mol. The zero-order valence-corrected chi connectivity index (χ0v) is 12.3. The van der Waals surface area contributed by atoms with E-state index in [0.717, 1.165) is 19.6 Å². The molecule has 0 aromatic carbocycles. The summed E-state index contributed by atoms with van der Waals surface area (Å²) in [6.07, 6.45) is 3.88. The molecule has 1 amide bonds. The fourth-order valence-corrected chi connectivity index (χ4v) is 2.77. The highest BCUT2D eigenvalue weighted by atomic mass is 32.1. The molecular formula is C13H25N3OS. The molecular weight excluding hydrogens is 246 g/mol. The second-order valence-electron chi connectivity index (χ2n) is 5.32. The van der Waals surface area contributed by atoms with E-state index in [9.17, 15) is 4.79 Å². The third kappa shape index (κ3) is 4.90. The predicted octanol–water partition coefficient (Wildman–Crippen LogP) is 1.15. The van der Waals surface area contributed by atoms with E-state index in [-0.39, 0.29) is 17.7 Å². The fraction of sp³-hybridized carbons (Fsp3) is 0.846. The number of hydrogen-bond donors (Lipinski definition) is 2. The largest absolute Gasteiger partial charge is 0.393 e. The molecule has 3 N–H and O–H groups in total. The van der Waals surface area contributed by atoms with Gasteiger partial charge in [-0.2, -0.15) is 0 Å². The van der Waals surface area contributed by atoms with Crippen LogP contribution in [0, 0.1) is 11.8 Å². The smallest absolute Gasteiger partial charge is 0.230 e. The van der Waals surface area contributed by atoms with Crippen LogP contribution in [0.2, 0.25) is 0 Å². The summed E-state index contributed by atoms with van der Waals surface area (Å²) < 4.78 is 0. The Hall–Kier alpha value is -0.680. The molecule has 0 aromatic rings. The van der Waals surface area contributed by atoms with Gasteiger partial charge in [-0.3, -0.25) is 4.79 Å². The van der Waals surface area contributed by atoms with Crippen molar-refractivity contribution in [3.63, 3.8) is 0 Å². The number of nitrogens with one attached hydrogen (secondary N) is 1. The van der Waals surface area contributed by atoms with Crippen molar-refractivity contribution in [2.24, 2.45) is 17.6 Å². The first-order chi connectivity index (χ1) is 8.52. The van der Waals surface area contributed by atoms with Crippen molar-refractivity contribution in [2.45, 2.75) is 33.1 Å². The first-order valence-electron chi connectivity index (χ1n) is 6.81. The third-order valence-corrected chi connectivity index (χ3v) is 3.69. The average Bonchev–Trinajstić information content (AvgIpc) is 2.29. The van der Waals surface area contributed by atoms with Crippen LogP contribution in [0.4, 0.5) is 0 Å². The molecule has 0 bridgehead atoms. The van der Waals surface area contributed by atoms with Crippen molar-refractivity contribution in [1.29, 1.82) is 0 Å². The Kier molecular flexibility index (Phi) is 6.57. The van der Waals surface area contributed by atoms with Crippen molar-refractivity contribution in [3.05, 3.63) is 0 Å².